The summed E-state index contributed by atoms with van der Waals surface area (Å²) in [7, 11) is 1.60. The van der Waals surface area contributed by atoms with Gasteiger partial charge in [-0.25, -0.2) is 0 Å². The second kappa shape index (κ2) is 6.70. The van der Waals surface area contributed by atoms with Crippen molar-refractivity contribution in [2.45, 2.75) is 13.5 Å². The van der Waals surface area contributed by atoms with Crippen LogP contribution in [0.15, 0.2) is 42.5 Å². The number of nitrogens with two attached hydrogens (primary N) is 1. The molecule has 4 heteroatoms. The zero-order chi connectivity index (χ0) is 14.4. The molecule has 0 aromatic heterocycles. The Morgan fingerprint density at radius 1 is 1.00 bits per heavy atom. The standard InChI is InChI=1S/C16H19NO3/c1-3-19-13-5-4-6-14(10-13)20-11-12-7-8-16(18-2)15(17)9-12/h4-10H,3,11,17H2,1-2H3. The van der Waals surface area contributed by atoms with Crippen LogP contribution in [0.25, 0.3) is 0 Å². The molecule has 0 aliphatic heterocycles. The van der Waals surface area contributed by atoms with Gasteiger partial charge in [-0.15, -0.1) is 0 Å². The fraction of sp³-hybridized carbons (Fsp3) is 0.250. The molecule has 2 aromatic rings. The predicted octanol–water partition coefficient (Wildman–Crippen LogP) is 3.26. The van der Waals surface area contributed by atoms with E-state index in [0.717, 1.165) is 17.1 Å². The lowest BCUT2D eigenvalue weighted by atomic mass is 10.2. The highest BCUT2D eigenvalue weighted by molar-refractivity contribution is 5.54. The smallest absolute Gasteiger partial charge is 0.141 e. The number of hydrogen-bond donors (Lipinski definition) is 1. The normalized spacial score (nSPS) is 10.1. The van der Waals surface area contributed by atoms with E-state index in [-0.39, 0.29) is 0 Å². The van der Waals surface area contributed by atoms with Crippen LogP contribution in [0.5, 0.6) is 17.2 Å². The lowest BCUT2D eigenvalue weighted by Crippen LogP contribution is -1.99. The van der Waals surface area contributed by atoms with Gasteiger partial charge in [0.25, 0.3) is 0 Å². The van der Waals surface area contributed by atoms with E-state index >= 15 is 0 Å². The van der Waals surface area contributed by atoms with Crippen molar-refractivity contribution in [3.63, 3.8) is 0 Å². The lowest BCUT2D eigenvalue weighted by Gasteiger charge is -2.10. The third kappa shape index (κ3) is 3.57. The van der Waals surface area contributed by atoms with Crippen LogP contribution >= 0.6 is 0 Å². The maximum absolute atomic E-state index is 5.86. The molecule has 0 heterocycles. The summed E-state index contributed by atoms with van der Waals surface area (Å²) in [5, 5.41) is 0. The van der Waals surface area contributed by atoms with Gasteiger partial charge < -0.3 is 19.9 Å². The highest BCUT2D eigenvalue weighted by Gasteiger charge is 2.02. The minimum atomic E-state index is 0.448. The van der Waals surface area contributed by atoms with Crippen molar-refractivity contribution in [1.29, 1.82) is 0 Å². The second-order valence-corrected chi connectivity index (χ2v) is 4.27. The van der Waals surface area contributed by atoms with Gasteiger partial charge in [-0.2, -0.15) is 0 Å². The van der Waals surface area contributed by atoms with E-state index in [4.69, 9.17) is 19.9 Å². The molecule has 2 N–H and O–H groups in total. The average Bonchev–Trinajstić information content (AvgIpc) is 2.46. The van der Waals surface area contributed by atoms with Crippen LogP contribution in [0.4, 0.5) is 5.69 Å². The fourth-order valence-corrected chi connectivity index (χ4v) is 1.86. The third-order valence-electron chi connectivity index (χ3n) is 2.82. The molecule has 0 atom stereocenters. The molecule has 0 radical (unpaired) electrons. The maximum Gasteiger partial charge on any atom is 0.141 e. The second-order valence-electron chi connectivity index (χ2n) is 4.27. The van der Waals surface area contributed by atoms with Crippen LogP contribution < -0.4 is 19.9 Å². The zero-order valence-corrected chi connectivity index (χ0v) is 11.8. The molecular weight excluding hydrogens is 254 g/mol. The number of benzene rings is 2. The molecule has 0 amide bonds. The summed E-state index contributed by atoms with van der Waals surface area (Å²) in [6, 6.07) is 13.2. The molecule has 4 nitrogen and oxygen atoms in total. The summed E-state index contributed by atoms with van der Waals surface area (Å²) in [6.07, 6.45) is 0. The summed E-state index contributed by atoms with van der Waals surface area (Å²) < 4.78 is 16.3. The summed E-state index contributed by atoms with van der Waals surface area (Å²) >= 11 is 0. The minimum absolute atomic E-state index is 0.448. The predicted molar refractivity (Wildman–Crippen MR) is 79.3 cm³/mol. The highest BCUT2D eigenvalue weighted by Crippen LogP contribution is 2.24. The monoisotopic (exact) mass is 273 g/mol. The number of nitrogen functional groups attached to an aromatic ring is 1. The van der Waals surface area contributed by atoms with Gasteiger partial charge in [-0.3, -0.25) is 0 Å². The molecule has 0 saturated heterocycles. The molecule has 106 valence electrons. The first-order valence-electron chi connectivity index (χ1n) is 6.51. The van der Waals surface area contributed by atoms with Crippen molar-refractivity contribution < 1.29 is 14.2 Å². The Balaban J connectivity index is 2.01. The first-order valence-corrected chi connectivity index (χ1v) is 6.51. The van der Waals surface area contributed by atoms with Gasteiger partial charge in [0.1, 0.15) is 23.9 Å². The van der Waals surface area contributed by atoms with Gasteiger partial charge >= 0.3 is 0 Å². The first kappa shape index (κ1) is 14.1. The van der Waals surface area contributed by atoms with Gasteiger partial charge in [-0.1, -0.05) is 12.1 Å². The summed E-state index contributed by atoms with van der Waals surface area (Å²) in [6.45, 7) is 3.04. The average molecular weight is 273 g/mol. The Morgan fingerprint density at radius 2 is 1.75 bits per heavy atom. The van der Waals surface area contributed by atoms with Crippen LogP contribution in [-0.2, 0) is 6.61 Å². The number of methoxy groups -OCH3 is 1. The van der Waals surface area contributed by atoms with Crippen molar-refractivity contribution in [3.8, 4) is 17.2 Å². The van der Waals surface area contributed by atoms with E-state index in [1.807, 2.05) is 49.4 Å². The van der Waals surface area contributed by atoms with Gasteiger partial charge in [0.05, 0.1) is 19.4 Å². The Hall–Kier alpha value is -2.36. The number of ether oxygens (including phenoxy) is 3. The quantitative estimate of drug-likeness (QED) is 0.821. The molecule has 0 bridgehead atoms. The van der Waals surface area contributed by atoms with E-state index in [2.05, 4.69) is 0 Å². The number of anilines is 1. The summed E-state index contributed by atoms with van der Waals surface area (Å²) in [5.41, 5.74) is 7.46. The summed E-state index contributed by atoms with van der Waals surface area (Å²) in [5.74, 6) is 2.25. The first-order chi connectivity index (χ1) is 9.72. The molecule has 2 aromatic carbocycles. The minimum Gasteiger partial charge on any atom is -0.495 e. The van der Waals surface area contributed by atoms with Crippen LogP contribution in [0, 0.1) is 0 Å². The third-order valence-corrected chi connectivity index (χ3v) is 2.82. The van der Waals surface area contributed by atoms with E-state index in [1.54, 1.807) is 7.11 Å². The molecule has 2 rings (SSSR count). The van der Waals surface area contributed by atoms with Crippen LogP contribution in [0.2, 0.25) is 0 Å². The Morgan fingerprint density at radius 3 is 2.40 bits per heavy atom. The molecule has 0 fully saturated rings. The molecule has 20 heavy (non-hydrogen) atoms. The van der Waals surface area contributed by atoms with E-state index in [0.29, 0.717) is 24.7 Å². The number of hydrogen-bond acceptors (Lipinski definition) is 4. The van der Waals surface area contributed by atoms with Crippen molar-refractivity contribution in [1.82, 2.24) is 0 Å². The largest absolute Gasteiger partial charge is 0.495 e. The zero-order valence-electron chi connectivity index (χ0n) is 11.8. The van der Waals surface area contributed by atoms with Crippen LogP contribution in [-0.4, -0.2) is 13.7 Å². The maximum atomic E-state index is 5.86. The Labute approximate surface area is 119 Å². The molecule has 0 saturated carbocycles. The summed E-state index contributed by atoms with van der Waals surface area (Å²) in [4.78, 5) is 0. The van der Waals surface area contributed by atoms with Crippen molar-refractivity contribution in [3.05, 3.63) is 48.0 Å². The van der Waals surface area contributed by atoms with Crippen molar-refractivity contribution in [2.75, 3.05) is 19.5 Å². The van der Waals surface area contributed by atoms with E-state index in [9.17, 15) is 0 Å². The van der Waals surface area contributed by atoms with Gasteiger partial charge in [-0.05, 0) is 36.8 Å². The lowest BCUT2D eigenvalue weighted by molar-refractivity contribution is 0.299. The molecule has 0 aliphatic carbocycles. The fourth-order valence-electron chi connectivity index (χ4n) is 1.86. The van der Waals surface area contributed by atoms with E-state index < -0.39 is 0 Å². The molecule has 0 unspecified atom stereocenters. The highest BCUT2D eigenvalue weighted by atomic mass is 16.5. The number of rotatable bonds is 6. The van der Waals surface area contributed by atoms with Gasteiger partial charge in [0.2, 0.25) is 0 Å². The Bertz CT molecular complexity index is 569. The van der Waals surface area contributed by atoms with E-state index in [1.165, 1.54) is 0 Å². The van der Waals surface area contributed by atoms with Gasteiger partial charge in [0.15, 0.2) is 0 Å². The molecule has 0 aliphatic rings. The van der Waals surface area contributed by atoms with Gasteiger partial charge in [0, 0.05) is 6.07 Å². The van der Waals surface area contributed by atoms with Crippen LogP contribution in [0.1, 0.15) is 12.5 Å². The molecular formula is C16H19NO3. The molecule has 0 spiro atoms. The van der Waals surface area contributed by atoms with Crippen molar-refractivity contribution >= 4 is 5.69 Å². The Kier molecular flexibility index (Phi) is 4.71. The topological polar surface area (TPSA) is 53.7 Å². The SMILES string of the molecule is CCOc1cccc(OCc2ccc(OC)c(N)c2)c1. The van der Waals surface area contributed by atoms with Crippen LogP contribution in [0.3, 0.4) is 0 Å². The van der Waals surface area contributed by atoms with Crippen molar-refractivity contribution in [2.24, 2.45) is 0 Å².